The SMILES string of the molecule is C=C(C)C(=O)Nc1cnc(-c2c(-c3ccc(Oc4cccc(C)n4)c(F)c3)c3c(N)ncnc3n2C)c(C)c1. The minimum Gasteiger partial charge on any atom is -0.436 e. The van der Waals surface area contributed by atoms with Crippen LogP contribution in [0.25, 0.3) is 33.5 Å². The Hall–Kier alpha value is -5.12. The van der Waals surface area contributed by atoms with E-state index in [1.165, 1.54) is 12.4 Å². The number of nitrogens with two attached hydrogens (primary N) is 1. The van der Waals surface area contributed by atoms with Gasteiger partial charge in [-0.3, -0.25) is 9.78 Å². The third-order valence-corrected chi connectivity index (χ3v) is 6.24. The van der Waals surface area contributed by atoms with Crippen molar-refractivity contribution in [3.63, 3.8) is 0 Å². The number of halogens is 1. The molecule has 5 rings (SSSR count). The molecule has 0 fully saturated rings. The van der Waals surface area contributed by atoms with Crippen LogP contribution in [0.3, 0.4) is 0 Å². The molecule has 0 aliphatic rings. The summed E-state index contributed by atoms with van der Waals surface area (Å²) in [7, 11) is 1.84. The first-order valence-electron chi connectivity index (χ1n) is 12.1. The second-order valence-corrected chi connectivity index (χ2v) is 9.23. The van der Waals surface area contributed by atoms with Crippen LogP contribution in [0.1, 0.15) is 18.2 Å². The van der Waals surface area contributed by atoms with Gasteiger partial charge in [0.2, 0.25) is 5.88 Å². The summed E-state index contributed by atoms with van der Waals surface area (Å²) in [6.45, 7) is 9.00. The molecule has 1 amide bonds. The number of carbonyl (C=O) groups is 1. The summed E-state index contributed by atoms with van der Waals surface area (Å²) < 4.78 is 22.9. The molecular weight excluding hydrogens is 497 g/mol. The van der Waals surface area contributed by atoms with E-state index in [9.17, 15) is 4.79 Å². The number of benzene rings is 1. The van der Waals surface area contributed by atoms with E-state index in [2.05, 4.69) is 31.8 Å². The van der Waals surface area contributed by atoms with E-state index in [1.807, 2.05) is 37.6 Å². The van der Waals surface area contributed by atoms with E-state index in [0.717, 1.165) is 11.3 Å². The highest BCUT2D eigenvalue weighted by molar-refractivity contribution is 6.08. The van der Waals surface area contributed by atoms with Crippen LogP contribution < -0.4 is 15.8 Å². The summed E-state index contributed by atoms with van der Waals surface area (Å²) >= 11 is 0. The molecule has 0 radical (unpaired) electrons. The number of fused-ring (bicyclic) bond motifs is 1. The average molecular weight is 524 g/mol. The number of anilines is 2. The predicted molar refractivity (Wildman–Crippen MR) is 149 cm³/mol. The zero-order valence-corrected chi connectivity index (χ0v) is 21.9. The molecule has 39 heavy (non-hydrogen) atoms. The normalized spacial score (nSPS) is 11.0. The Morgan fingerprint density at radius 1 is 1.13 bits per heavy atom. The summed E-state index contributed by atoms with van der Waals surface area (Å²) in [5, 5.41) is 3.35. The van der Waals surface area contributed by atoms with Crippen LogP contribution >= 0.6 is 0 Å². The number of nitrogens with zero attached hydrogens (tertiary/aromatic N) is 5. The molecule has 0 saturated carbocycles. The van der Waals surface area contributed by atoms with E-state index in [4.69, 9.17) is 10.5 Å². The number of nitrogen functional groups attached to an aromatic ring is 1. The molecule has 9 nitrogen and oxygen atoms in total. The van der Waals surface area contributed by atoms with E-state index in [-0.39, 0.29) is 17.5 Å². The van der Waals surface area contributed by atoms with Crippen molar-refractivity contribution in [2.75, 3.05) is 11.1 Å². The zero-order chi connectivity index (χ0) is 27.8. The van der Waals surface area contributed by atoms with Gasteiger partial charge in [-0.15, -0.1) is 0 Å². The highest BCUT2D eigenvalue weighted by Crippen LogP contribution is 2.43. The molecule has 0 saturated heterocycles. The lowest BCUT2D eigenvalue weighted by Crippen LogP contribution is -2.12. The van der Waals surface area contributed by atoms with Crippen LogP contribution in [0, 0.1) is 19.7 Å². The minimum absolute atomic E-state index is 0.0368. The van der Waals surface area contributed by atoms with Crippen LogP contribution in [0.2, 0.25) is 0 Å². The predicted octanol–water partition coefficient (Wildman–Crippen LogP) is 5.74. The van der Waals surface area contributed by atoms with Gasteiger partial charge in [0, 0.05) is 29.9 Å². The second-order valence-electron chi connectivity index (χ2n) is 9.23. The number of carbonyl (C=O) groups excluding carboxylic acids is 1. The van der Waals surface area contributed by atoms with Gasteiger partial charge in [-0.25, -0.2) is 19.3 Å². The highest BCUT2D eigenvalue weighted by Gasteiger charge is 2.25. The first-order valence-corrected chi connectivity index (χ1v) is 12.1. The van der Waals surface area contributed by atoms with Gasteiger partial charge in [0.25, 0.3) is 5.91 Å². The first-order chi connectivity index (χ1) is 18.6. The molecule has 4 aromatic heterocycles. The third kappa shape index (κ3) is 4.79. The van der Waals surface area contributed by atoms with E-state index >= 15 is 4.39 Å². The largest absolute Gasteiger partial charge is 0.436 e. The fourth-order valence-corrected chi connectivity index (χ4v) is 4.39. The molecular formula is C29H26FN7O2. The van der Waals surface area contributed by atoms with Crippen molar-refractivity contribution in [1.29, 1.82) is 0 Å². The van der Waals surface area contributed by atoms with Crippen LogP contribution in [0.15, 0.2) is 67.1 Å². The van der Waals surface area contributed by atoms with Crippen LogP contribution in [0.5, 0.6) is 11.6 Å². The number of aromatic nitrogens is 5. The molecule has 0 aliphatic carbocycles. The molecule has 196 valence electrons. The second kappa shape index (κ2) is 9.97. The lowest BCUT2D eigenvalue weighted by molar-refractivity contribution is -0.112. The van der Waals surface area contributed by atoms with Gasteiger partial charge in [0.15, 0.2) is 11.6 Å². The van der Waals surface area contributed by atoms with Crippen LogP contribution in [-0.2, 0) is 11.8 Å². The molecule has 0 atom stereocenters. The van der Waals surface area contributed by atoms with Gasteiger partial charge in [-0.2, -0.15) is 0 Å². The number of aryl methyl sites for hydroxylation is 3. The highest BCUT2D eigenvalue weighted by atomic mass is 19.1. The maximum Gasteiger partial charge on any atom is 0.250 e. The molecule has 10 heteroatoms. The minimum atomic E-state index is -0.572. The van der Waals surface area contributed by atoms with Gasteiger partial charge in [-0.1, -0.05) is 18.7 Å². The van der Waals surface area contributed by atoms with Gasteiger partial charge in [0.1, 0.15) is 17.8 Å². The number of hydrogen-bond donors (Lipinski definition) is 2. The number of ether oxygens (including phenoxy) is 1. The maximum atomic E-state index is 15.4. The number of nitrogens with one attached hydrogen (secondary N) is 1. The molecule has 1 aromatic carbocycles. The summed E-state index contributed by atoms with van der Waals surface area (Å²) in [5.41, 5.74) is 11.8. The van der Waals surface area contributed by atoms with Gasteiger partial charge >= 0.3 is 0 Å². The Morgan fingerprint density at radius 2 is 1.92 bits per heavy atom. The van der Waals surface area contributed by atoms with E-state index < -0.39 is 5.82 Å². The van der Waals surface area contributed by atoms with Gasteiger partial charge in [0.05, 0.1) is 28.7 Å². The number of hydrogen-bond acceptors (Lipinski definition) is 7. The topological polar surface area (TPSA) is 121 Å². The lowest BCUT2D eigenvalue weighted by Gasteiger charge is -2.13. The van der Waals surface area contributed by atoms with Crippen molar-refractivity contribution in [2.45, 2.75) is 20.8 Å². The monoisotopic (exact) mass is 523 g/mol. The van der Waals surface area contributed by atoms with E-state index in [1.54, 1.807) is 37.4 Å². The Labute approximate surface area is 224 Å². The molecule has 4 heterocycles. The smallest absolute Gasteiger partial charge is 0.250 e. The zero-order valence-electron chi connectivity index (χ0n) is 21.9. The fraction of sp³-hybridized carbons (Fsp3) is 0.138. The maximum absolute atomic E-state index is 15.4. The molecule has 3 N–H and O–H groups in total. The average Bonchev–Trinajstić information content (AvgIpc) is 3.18. The number of rotatable bonds is 6. The third-order valence-electron chi connectivity index (χ3n) is 6.24. The van der Waals surface area contributed by atoms with Crippen molar-refractivity contribution in [2.24, 2.45) is 7.05 Å². The summed E-state index contributed by atoms with van der Waals surface area (Å²) in [4.78, 5) is 29.6. The molecule has 0 bridgehead atoms. The standard InChI is InChI=1S/C29H26FN7O2/c1-15(2)29(38)36-19-11-16(3)25(32-13-19)26-23(24-27(31)33-14-34-28(24)37(26)5)18-9-10-21(20(30)12-18)39-22-8-6-7-17(4)35-22/h6-14H,1H2,2-5H3,(H,36,38)(H2,31,33,34). The van der Waals surface area contributed by atoms with Gasteiger partial charge in [-0.05, 0) is 56.2 Å². The summed E-state index contributed by atoms with van der Waals surface area (Å²) in [6, 6.07) is 11.8. The lowest BCUT2D eigenvalue weighted by atomic mass is 9.99. The number of amides is 1. The molecule has 0 spiro atoms. The van der Waals surface area contributed by atoms with Crippen molar-refractivity contribution in [1.82, 2.24) is 24.5 Å². The Balaban J connectivity index is 1.65. The fourth-order valence-electron chi connectivity index (χ4n) is 4.39. The first kappa shape index (κ1) is 25.5. The Kier molecular flexibility index (Phi) is 6.53. The van der Waals surface area contributed by atoms with Gasteiger partial charge < -0.3 is 20.4 Å². The van der Waals surface area contributed by atoms with Crippen molar-refractivity contribution in [3.8, 4) is 34.1 Å². The summed E-state index contributed by atoms with van der Waals surface area (Å²) in [5.74, 6) is -0.282. The molecule has 0 aliphatic heterocycles. The van der Waals surface area contributed by atoms with E-state index in [0.29, 0.717) is 50.7 Å². The van der Waals surface area contributed by atoms with Crippen molar-refractivity contribution < 1.29 is 13.9 Å². The Bertz CT molecular complexity index is 1780. The Morgan fingerprint density at radius 3 is 2.62 bits per heavy atom. The summed E-state index contributed by atoms with van der Waals surface area (Å²) in [6.07, 6.45) is 2.94. The quantitative estimate of drug-likeness (QED) is 0.272. The van der Waals surface area contributed by atoms with Crippen LogP contribution in [0.4, 0.5) is 15.9 Å². The van der Waals surface area contributed by atoms with Crippen molar-refractivity contribution >= 4 is 28.4 Å². The molecule has 5 aromatic rings. The van der Waals surface area contributed by atoms with Crippen LogP contribution in [-0.4, -0.2) is 30.4 Å². The van der Waals surface area contributed by atoms with Crippen molar-refractivity contribution in [3.05, 3.63) is 84.2 Å². The molecule has 0 unspecified atom stereocenters. The number of pyridine rings is 2.